The maximum Gasteiger partial charge on any atom is 0.0693 e. The zero-order valence-electron chi connectivity index (χ0n) is 11.6. The fourth-order valence-corrected chi connectivity index (χ4v) is 3.73. The smallest absolute Gasteiger partial charge is 0.0693 e. The predicted octanol–water partition coefficient (Wildman–Crippen LogP) is 2.72. The van der Waals surface area contributed by atoms with Gasteiger partial charge in [0.1, 0.15) is 0 Å². The summed E-state index contributed by atoms with van der Waals surface area (Å²) in [5.41, 5.74) is 3.03. The molecule has 1 aromatic rings. The van der Waals surface area contributed by atoms with Crippen LogP contribution in [0.2, 0.25) is 0 Å². The SMILES string of the molecule is CCNCC(O)C1CCC2(C=Cc3ccccc32)C1. The number of aliphatic hydroxyl groups excluding tert-OH is 1. The van der Waals surface area contributed by atoms with Gasteiger partial charge in [-0.15, -0.1) is 0 Å². The van der Waals surface area contributed by atoms with Crippen LogP contribution in [0, 0.1) is 5.92 Å². The second-order valence-electron chi connectivity index (χ2n) is 5.95. The van der Waals surface area contributed by atoms with E-state index in [4.69, 9.17) is 0 Å². The van der Waals surface area contributed by atoms with Crippen LogP contribution >= 0.6 is 0 Å². The van der Waals surface area contributed by atoms with Crippen LogP contribution in [-0.2, 0) is 5.41 Å². The van der Waals surface area contributed by atoms with E-state index in [1.807, 2.05) is 0 Å². The molecule has 102 valence electrons. The van der Waals surface area contributed by atoms with Crippen LogP contribution in [0.3, 0.4) is 0 Å². The number of allylic oxidation sites excluding steroid dienone is 1. The van der Waals surface area contributed by atoms with Crippen molar-refractivity contribution in [1.82, 2.24) is 5.32 Å². The number of aliphatic hydroxyl groups is 1. The van der Waals surface area contributed by atoms with Gasteiger partial charge >= 0.3 is 0 Å². The first-order chi connectivity index (χ1) is 9.25. The van der Waals surface area contributed by atoms with Gasteiger partial charge in [-0.05, 0) is 42.9 Å². The van der Waals surface area contributed by atoms with Crippen molar-refractivity contribution < 1.29 is 5.11 Å². The Bertz CT molecular complexity index is 482. The zero-order chi connectivity index (χ0) is 13.3. The monoisotopic (exact) mass is 257 g/mol. The molecule has 3 atom stereocenters. The summed E-state index contributed by atoms with van der Waals surface area (Å²) in [6.07, 6.45) is 7.82. The van der Waals surface area contributed by atoms with Gasteiger partial charge in [0.05, 0.1) is 6.10 Å². The average molecular weight is 257 g/mol. The Balaban J connectivity index is 1.74. The summed E-state index contributed by atoms with van der Waals surface area (Å²) >= 11 is 0. The molecule has 2 nitrogen and oxygen atoms in total. The highest BCUT2D eigenvalue weighted by Gasteiger charge is 2.43. The normalized spacial score (nSPS) is 29.9. The fourth-order valence-electron chi connectivity index (χ4n) is 3.73. The minimum Gasteiger partial charge on any atom is -0.392 e. The Hall–Kier alpha value is -1.12. The van der Waals surface area contributed by atoms with Crippen LogP contribution in [-0.4, -0.2) is 24.3 Å². The molecule has 0 bridgehead atoms. The molecule has 0 amide bonds. The van der Waals surface area contributed by atoms with E-state index in [0.717, 1.165) is 25.9 Å². The van der Waals surface area contributed by atoms with E-state index >= 15 is 0 Å². The van der Waals surface area contributed by atoms with Crippen molar-refractivity contribution in [3.05, 3.63) is 41.5 Å². The van der Waals surface area contributed by atoms with Crippen molar-refractivity contribution in [1.29, 1.82) is 0 Å². The van der Waals surface area contributed by atoms with Gasteiger partial charge in [0.15, 0.2) is 0 Å². The lowest BCUT2D eigenvalue weighted by Crippen LogP contribution is -2.32. The average Bonchev–Trinajstić information content (AvgIpc) is 3.03. The number of benzene rings is 1. The summed E-state index contributed by atoms with van der Waals surface area (Å²) in [5.74, 6) is 0.426. The van der Waals surface area contributed by atoms with Gasteiger partial charge in [-0.3, -0.25) is 0 Å². The number of hydrogen-bond acceptors (Lipinski definition) is 2. The maximum atomic E-state index is 10.3. The van der Waals surface area contributed by atoms with E-state index in [2.05, 4.69) is 48.7 Å². The molecule has 2 heteroatoms. The van der Waals surface area contributed by atoms with Crippen molar-refractivity contribution in [2.24, 2.45) is 5.92 Å². The van der Waals surface area contributed by atoms with Crippen LogP contribution in [0.4, 0.5) is 0 Å². The molecule has 2 aliphatic carbocycles. The van der Waals surface area contributed by atoms with E-state index < -0.39 is 0 Å². The Morgan fingerprint density at radius 2 is 2.26 bits per heavy atom. The second-order valence-corrected chi connectivity index (χ2v) is 5.95. The highest BCUT2D eigenvalue weighted by Crippen LogP contribution is 2.50. The third kappa shape index (κ3) is 2.24. The Kier molecular flexibility index (Phi) is 3.46. The lowest BCUT2D eigenvalue weighted by Gasteiger charge is -2.25. The topological polar surface area (TPSA) is 32.3 Å². The molecule has 1 aromatic carbocycles. The summed E-state index contributed by atoms with van der Waals surface area (Å²) in [5, 5.41) is 13.5. The molecule has 0 aliphatic heterocycles. The highest BCUT2D eigenvalue weighted by molar-refractivity contribution is 5.65. The first kappa shape index (κ1) is 12.9. The van der Waals surface area contributed by atoms with E-state index in [-0.39, 0.29) is 11.5 Å². The molecule has 19 heavy (non-hydrogen) atoms. The molecule has 0 heterocycles. The molecule has 2 aliphatic rings. The summed E-state index contributed by atoms with van der Waals surface area (Å²) in [7, 11) is 0. The highest BCUT2D eigenvalue weighted by atomic mass is 16.3. The predicted molar refractivity (Wildman–Crippen MR) is 79.0 cm³/mol. The molecular weight excluding hydrogens is 234 g/mol. The van der Waals surface area contributed by atoms with Gasteiger partial charge in [0.25, 0.3) is 0 Å². The fraction of sp³-hybridized carbons (Fsp3) is 0.529. The molecule has 0 radical (unpaired) electrons. The molecule has 1 fully saturated rings. The van der Waals surface area contributed by atoms with Gasteiger partial charge in [-0.2, -0.15) is 0 Å². The van der Waals surface area contributed by atoms with Gasteiger partial charge in [0, 0.05) is 12.0 Å². The molecule has 1 saturated carbocycles. The first-order valence-corrected chi connectivity index (χ1v) is 7.43. The summed E-state index contributed by atoms with van der Waals surface area (Å²) < 4.78 is 0. The van der Waals surface area contributed by atoms with Crippen molar-refractivity contribution in [3.8, 4) is 0 Å². The molecule has 3 rings (SSSR count). The molecule has 0 saturated heterocycles. The largest absolute Gasteiger partial charge is 0.392 e. The van der Waals surface area contributed by atoms with Crippen LogP contribution in [0.5, 0.6) is 0 Å². The van der Waals surface area contributed by atoms with Crippen molar-refractivity contribution >= 4 is 6.08 Å². The summed E-state index contributed by atoms with van der Waals surface area (Å²) in [6.45, 7) is 3.74. The third-order valence-electron chi connectivity index (χ3n) is 4.81. The molecular formula is C17H23NO. The maximum absolute atomic E-state index is 10.3. The van der Waals surface area contributed by atoms with E-state index in [9.17, 15) is 5.11 Å². The van der Waals surface area contributed by atoms with Crippen LogP contribution in [0.15, 0.2) is 30.3 Å². The number of fused-ring (bicyclic) bond motifs is 2. The minimum absolute atomic E-state index is 0.203. The third-order valence-corrected chi connectivity index (χ3v) is 4.81. The minimum atomic E-state index is -0.208. The quantitative estimate of drug-likeness (QED) is 0.869. The second kappa shape index (κ2) is 5.10. The van der Waals surface area contributed by atoms with E-state index in [0.29, 0.717) is 5.92 Å². The van der Waals surface area contributed by atoms with Crippen LogP contribution < -0.4 is 5.32 Å². The number of rotatable bonds is 4. The summed E-state index contributed by atoms with van der Waals surface area (Å²) in [6, 6.07) is 8.70. The van der Waals surface area contributed by atoms with E-state index in [1.165, 1.54) is 17.5 Å². The lowest BCUT2D eigenvalue weighted by atomic mass is 9.80. The summed E-state index contributed by atoms with van der Waals surface area (Å²) in [4.78, 5) is 0. The van der Waals surface area contributed by atoms with Gasteiger partial charge in [-0.25, -0.2) is 0 Å². The van der Waals surface area contributed by atoms with Crippen LogP contribution in [0.25, 0.3) is 6.08 Å². The molecule has 0 aromatic heterocycles. The van der Waals surface area contributed by atoms with Crippen LogP contribution in [0.1, 0.15) is 37.3 Å². The van der Waals surface area contributed by atoms with Crippen molar-refractivity contribution in [2.45, 2.75) is 37.7 Å². The zero-order valence-corrected chi connectivity index (χ0v) is 11.6. The van der Waals surface area contributed by atoms with Gasteiger partial charge in [-0.1, -0.05) is 43.3 Å². The van der Waals surface area contributed by atoms with Crippen molar-refractivity contribution in [3.63, 3.8) is 0 Å². The number of nitrogens with one attached hydrogen (secondary N) is 1. The lowest BCUT2D eigenvalue weighted by molar-refractivity contribution is 0.107. The van der Waals surface area contributed by atoms with E-state index in [1.54, 1.807) is 0 Å². The molecule has 1 spiro atoms. The number of hydrogen-bond donors (Lipinski definition) is 2. The van der Waals surface area contributed by atoms with Gasteiger partial charge < -0.3 is 10.4 Å². The standard InChI is InChI=1S/C17H23NO/c1-2-18-12-16(19)14-8-10-17(11-14)9-7-13-5-3-4-6-15(13)17/h3-7,9,14,16,18-19H,2,8,10-12H2,1H3. The number of likely N-dealkylation sites (N-methyl/N-ethyl adjacent to an activating group) is 1. The molecule has 2 N–H and O–H groups in total. The Morgan fingerprint density at radius 1 is 1.42 bits per heavy atom. The Labute approximate surface area is 115 Å². The molecule has 3 unspecified atom stereocenters. The van der Waals surface area contributed by atoms with Crippen molar-refractivity contribution in [2.75, 3.05) is 13.1 Å². The van der Waals surface area contributed by atoms with Gasteiger partial charge in [0.2, 0.25) is 0 Å². The Morgan fingerprint density at radius 3 is 3.11 bits per heavy atom. The first-order valence-electron chi connectivity index (χ1n) is 7.43.